The largest absolute Gasteiger partial charge is 0.508 e. The number of hydrogen-bond acceptors (Lipinski definition) is 5. The minimum absolute atomic E-state index is 0.0457. The SMILES string of the molecule is Cc1cc(Cc2cc(C=O)ccc2O)c(O)c(Cc2cc(C=O)ccc2O)c1. The summed E-state index contributed by atoms with van der Waals surface area (Å²) in [5.74, 6) is 0.145. The molecule has 0 saturated carbocycles. The van der Waals surface area contributed by atoms with E-state index in [1.54, 1.807) is 12.1 Å². The number of aromatic hydroxyl groups is 3. The molecule has 0 aromatic heterocycles. The first-order valence-electron chi connectivity index (χ1n) is 8.76. The summed E-state index contributed by atoms with van der Waals surface area (Å²) in [6.07, 6.45) is 1.89. The molecule has 0 aliphatic heterocycles. The van der Waals surface area contributed by atoms with Crippen LogP contribution in [-0.2, 0) is 12.8 Å². The first-order chi connectivity index (χ1) is 13.4. The lowest BCUT2D eigenvalue weighted by Crippen LogP contribution is -1.98. The maximum Gasteiger partial charge on any atom is 0.150 e. The summed E-state index contributed by atoms with van der Waals surface area (Å²) in [5, 5.41) is 30.9. The maximum absolute atomic E-state index is 11.0. The monoisotopic (exact) mass is 376 g/mol. The van der Waals surface area contributed by atoms with Crippen LogP contribution in [0.2, 0.25) is 0 Å². The summed E-state index contributed by atoms with van der Waals surface area (Å²) >= 11 is 0. The molecule has 3 aromatic carbocycles. The van der Waals surface area contributed by atoms with Gasteiger partial charge in [0.1, 0.15) is 29.8 Å². The fourth-order valence-electron chi connectivity index (χ4n) is 3.25. The molecule has 5 heteroatoms. The van der Waals surface area contributed by atoms with Gasteiger partial charge in [-0.1, -0.05) is 17.7 Å². The second kappa shape index (κ2) is 7.96. The predicted octanol–water partition coefficient (Wildman–Crippen LogP) is 3.92. The lowest BCUT2D eigenvalue weighted by Gasteiger charge is -2.14. The molecule has 0 amide bonds. The molecular formula is C23H20O5. The fraction of sp³-hybridized carbons (Fsp3) is 0.130. The van der Waals surface area contributed by atoms with Gasteiger partial charge in [-0.25, -0.2) is 0 Å². The van der Waals surface area contributed by atoms with E-state index in [2.05, 4.69) is 0 Å². The van der Waals surface area contributed by atoms with Crippen molar-refractivity contribution in [3.8, 4) is 17.2 Å². The van der Waals surface area contributed by atoms with Gasteiger partial charge in [0.15, 0.2) is 0 Å². The molecule has 0 radical (unpaired) electrons. The Hall–Kier alpha value is -3.60. The zero-order chi connectivity index (χ0) is 20.3. The summed E-state index contributed by atoms with van der Waals surface area (Å²) in [6.45, 7) is 1.88. The van der Waals surface area contributed by atoms with Crippen molar-refractivity contribution in [3.05, 3.63) is 87.5 Å². The quantitative estimate of drug-likeness (QED) is 0.567. The number of carbonyl (C=O) groups excluding carboxylic acids is 2. The van der Waals surface area contributed by atoms with Gasteiger partial charge in [-0.3, -0.25) is 9.59 Å². The molecule has 142 valence electrons. The fourth-order valence-corrected chi connectivity index (χ4v) is 3.25. The Morgan fingerprint density at radius 1 is 0.679 bits per heavy atom. The molecule has 0 unspecified atom stereocenters. The van der Waals surface area contributed by atoms with Crippen LogP contribution in [0.1, 0.15) is 48.5 Å². The Bertz CT molecular complexity index is 972. The van der Waals surface area contributed by atoms with Crippen LogP contribution in [-0.4, -0.2) is 27.9 Å². The molecule has 0 bridgehead atoms. The predicted molar refractivity (Wildman–Crippen MR) is 105 cm³/mol. The lowest BCUT2D eigenvalue weighted by molar-refractivity contribution is 0.111. The minimum atomic E-state index is 0.0457. The number of benzene rings is 3. The number of carbonyl (C=O) groups is 2. The third kappa shape index (κ3) is 4.04. The second-order valence-corrected chi connectivity index (χ2v) is 6.80. The van der Waals surface area contributed by atoms with Crippen molar-refractivity contribution in [2.45, 2.75) is 19.8 Å². The molecule has 0 spiro atoms. The normalized spacial score (nSPS) is 10.6. The summed E-state index contributed by atoms with van der Waals surface area (Å²) in [4.78, 5) is 22.0. The minimum Gasteiger partial charge on any atom is -0.508 e. The summed E-state index contributed by atoms with van der Waals surface area (Å²) in [5.41, 5.74) is 4.04. The molecule has 3 aromatic rings. The molecule has 0 aliphatic rings. The molecule has 0 atom stereocenters. The second-order valence-electron chi connectivity index (χ2n) is 6.80. The van der Waals surface area contributed by atoms with Crippen LogP contribution in [0.5, 0.6) is 17.2 Å². The Labute approximate surface area is 162 Å². The summed E-state index contributed by atoms with van der Waals surface area (Å²) in [7, 11) is 0. The van der Waals surface area contributed by atoms with Gasteiger partial charge in [-0.15, -0.1) is 0 Å². The van der Waals surface area contributed by atoms with Crippen molar-refractivity contribution in [1.29, 1.82) is 0 Å². The zero-order valence-corrected chi connectivity index (χ0v) is 15.3. The highest BCUT2D eigenvalue weighted by atomic mass is 16.3. The molecule has 3 N–H and O–H groups in total. The van der Waals surface area contributed by atoms with Crippen molar-refractivity contribution in [3.63, 3.8) is 0 Å². The van der Waals surface area contributed by atoms with Crippen molar-refractivity contribution >= 4 is 12.6 Å². The van der Waals surface area contributed by atoms with Gasteiger partial charge in [0.2, 0.25) is 0 Å². The van der Waals surface area contributed by atoms with E-state index < -0.39 is 0 Å². The third-order valence-electron chi connectivity index (χ3n) is 4.65. The first-order valence-corrected chi connectivity index (χ1v) is 8.76. The molecule has 3 rings (SSSR count). The van der Waals surface area contributed by atoms with Crippen LogP contribution in [0.15, 0.2) is 48.5 Å². The van der Waals surface area contributed by atoms with Gasteiger partial charge >= 0.3 is 0 Å². The van der Waals surface area contributed by atoms with Crippen LogP contribution < -0.4 is 0 Å². The van der Waals surface area contributed by atoms with E-state index in [1.165, 1.54) is 24.3 Å². The zero-order valence-electron chi connectivity index (χ0n) is 15.3. The van der Waals surface area contributed by atoms with Crippen LogP contribution in [0.4, 0.5) is 0 Å². The first kappa shape index (κ1) is 19.2. The standard InChI is InChI=1S/C23H20O5/c1-14-6-19(10-17-8-15(12-24)2-4-21(17)26)23(28)20(7-14)11-18-9-16(13-25)3-5-22(18)27/h2-9,12-13,26-28H,10-11H2,1H3. The van der Waals surface area contributed by atoms with E-state index in [4.69, 9.17) is 0 Å². The highest BCUT2D eigenvalue weighted by Crippen LogP contribution is 2.32. The van der Waals surface area contributed by atoms with Gasteiger partial charge < -0.3 is 15.3 Å². The number of aldehydes is 2. The Morgan fingerprint density at radius 2 is 1.11 bits per heavy atom. The molecule has 28 heavy (non-hydrogen) atoms. The van der Waals surface area contributed by atoms with Gasteiger partial charge in [0, 0.05) is 24.0 Å². The lowest BCUT2D eigenvalue weighted by atomic mass is 9.94. The molecule has 0 saturated heterocycles. The van der Waals surface area contributed by atoms with Crippen molar-refractivity contribution in [2.75, 3.05) is 0 Å². The summed E-state index contributed by atoms with van der Waals surface area (Å²) in [6, 6.07) is 12.8. The molecule has 0 aliphatic carbocycles. The van der Waals surface area contributed by atoms with Gasteiger partial charge in [0.05, 0.1) is 0 Å². The van der Waals surface area contributed by atoms with Gasteiger partial charge in [0.25, 0.3) is 0 Å². The topological polar surface area (TPSA) is 94.8 Å². The maximum atomic E-state index is 11.0. The van der Waals surface area contributed by atoms with Crippen LogP contribution in [0.25, 0.3) is 0 Å². The van der Waals surface area contributed by atoms with E-state index in [0.717, 1.165) is 5.56 Å². The Morgan fingerprint density at radius 3 is 1.50 bits per heavy atom. The molecular weight excluding hydrogens is 356 g/mol. The van der Waals surface area contributed by atoms with Crippen LogP contribution in [0.3, 0.4) is 0 Å². The van der Waals surface area contributed by atoms with Crippen molar-refractivity contribution < 1.29 is 24.9 Å². The van der Waals surface area contributed by atoms with Crippen molar-refractivity contribution in [1.82, 2.24) is 0 Å². The van der Waals surface area contributed by atoms with Crippen molar-refractivity contribution in [2.24, 2.45) is 0 Å². The van der Waals surface area contributed by atoms with Crippen LogP contribution >= 0.6 is 0 Å². The number of rotatable bonds is 6. The number of hydrogen-bond donors (Lipinski definition) is 3. The van der Waals surface area contributed by atoms with Gasteiger partial charge in [-0.05, 0) is 65.6 Å². The van der Waals surface area contributed by atoms with Crippen LogP contribution in [0, 0.1) is 6.92 Å². The van der Waals surface area contributed by atoms with E-state index in [9.17, 15) is 24.9 Å². The Kier molecular flexibility index (Phi) is 5.45. The average Bonchev–Trinajstić information content (AvgIpc) is 2.68. The number of aryl methyl sites for hydroxylation is 1. The Balaban J connectivity index is 1.99. The average molecular weight is 376 g/mol. The molecule has 5 nitrogen and oxygen atoms in total. The van der Waals surface area contributed by atoms with E-state index in [0.29, 0.717) is 46.0 Å². The molecule has 0 fully saturated rings. The summed E-state index contributed by atoms with van der Waals surface area (Å²) < 4.78 is 0. The highest BCUT2D eigenvalue weighted by molar-refractivity contribution is 5.76. The van der Waals surface area contributed by atoms with E-state index in [-0.39, 0.29) is 30.1 Å². The highest BCUT2D eigenvalue weighted by Gasteiger charge is 2.14. The van der Waals surface area contributed by atoms with E-state index >= 15 is 0 Å². The smallest absolute Gasteiger partial charge is 0.150 e. The van der Waals surface area contributed by atoms with E-state index in [1.807, 2.05) is 19.1 Å². The number of phenols is 3. The molecule has 0 heterocycles. The number of phenolic OH excluding ortho intramolecular Hbond substituents is 3. The van der Waals surface area contributed by atoms with Gasteiger partial charge in [-0.2, -0.15) is 0 Å². The third-order valence-corrected chi connectivity index (χ3v) is 4.65.